The molecule has 0 unspecified atom stereocenters. The molecule has 0 fully saturated rings. The highest BCUT2D eigenvalue weighted by atomic mass is 32.2. The standard InChI is InChI=1S/C8H14N2O4S/c11-5-4-10-3-2-9-8(7-10)1-6-15(12,13)14/h2-3,11H,1,4-7H2,(H,12,13,14). The predicted octanol–water partition coefficient (Wildman–Crippen LogP) is -0.516. The van der Waals surface area contributed by atoms with Gasteiger partial charge in [0.05, 0.1) is 18.9 Å². The summed E-state index contributed by atoms with van der Waals surface area (Å²) >= 11 is 0. The molecule has 1 heterocycles. The Balaban J connectivity index is 2.44. The van der Waals surface area contributed by atoms with Crippen LogP contribution in [0.3, 0.4) is 0 Å². The van der Waals surface area contributed by atoms with E-state index in [1.165, 1.54) is 0 Å². The van der Waals surface area contributed by atoms with Crippen molar-refractivity contribution in [3.05, 3.63) is 12.4 Å². The summed E-state index contributed by atoms with van der Waals surface area (Å²) in [6.45, 7) is 1.02. The molecule has 15 heavy (non-hydrogen) atoms. The first-order chi connectivity index (χ1) is 7.01. The number of aliphatic hydroxyl groups excluding tert-OH is 1. The van der Waals surface area contributed by atoms with Crippen molar-refractivity contribution < 1.29 is 18.1 Å². The molecule has 1 aliphatic heterocycles. The van der Waals surface area contributed by atoms with Gasteiger partial charge in [0.2, 0.25) is 0 Å². The SMILES string of the molecule is O=S(=O)(O)CCC1=NC=CN(CCO)C1. The maximum absolute atomic E-state index is 10.5. The minimum Gasteiger partial charge on any atom is -0.395 e. The molecule has 0 atom stereocenters. The molecule has 0 spiro atoms. The fraction of sp³-hybridized carbons (Fsp3) is 0.625. The van der Waals surface area contributed by atoms with Crippen LogP contribution in [0.2, 0.25) is 0 Å². The lowest BCUT2D eigenvalue weighted by Gasteiger charge is -2.22. The molecule has 0 saturated carbocycles. The van der Waals surface area contributed by atoms with Crippen molar-refractivity contribution in [2.24, 2.45) is 4.99 Å². The number of aliphatic hydroxyl groups is 1. The Morgan fingerprint density at radius 3 is 2.87 bits per heavy atom. The number of β-amino-alcohol motifs (C(OH)–C–C–N with tert-alkyl or cyclic N) is 1. The smallest absolute Gasteiger partial charge is 0.265 e. The van der Waals surface area contributed by atoms with E-state index in [1.54, 1.807) is 12.4 Å². The van der Waals surface area contributed by atoms with Gasteiger partial charge in [-0.05, 0) is 0 Å². The van der Waals surface area contributed by atoms with Crippen LogP contribution in [0.5, 0.6) is 0 Å². The van der Waals surface area contributed by atoms with Gasteiger partial charge in [0.1, 0.15) is 0 Å². The van der Waals surface area contributed by atoms with Crippen molar-refractivity contribution in [1.82, 2.24) is 4.90 Å². The highest BCUT2D eigenvalue weighted by molar-refractivity contribution is 7.85. The number of rotatable bonds is 5. The molecule has 1 aliphatic rings. The van der Waals surface area contributed by atoms with Crippen LogP contribution in [0.4, 0.5) is 0 Å². The molecule has 0 saturated heterocycles. The van der Waals surface area contributed by atoms with Crippen molar-refractivity contribution >= 4 is 15.8 Å². The van der Waals surface area contributed by atoms with E-state index >= 15 is 0 Å². The van der Waals surface area contributed by atoms with E-state index < -0.39 is 10.1 Å². The van der Waals surface area contributed by atoms with Crippen LogP contribution < -0.4 is 0 Å². The zero-order valence-electron chi connectivity index (χ0n) is 8.20. The predicted molar refractivity (Wildman–Crippen MR) is 56.3 cm³/mol. The monoisotopic (exact) mass is 234 g/mol. The molecule has 6 nitrogen and oxygen atoms in total. The molecule has 0 aromatic rings. The van der Waals surface area contributed by atoms with E-state index in [0.29, 0.717) is 18.8 Å². The molecule has 0 aliphatic carbocycles. The molecule has 0 aromatic heterocycles. The van der Waals surface area contributed by atoms with Gasteiger partial charge in [0.15, 0.2) is 0 Å². The highest BCUT2D eigenvalue weighted by Crippen LogP contribution is 2.03. The van der Waals surface area contributed by atoms with E-state index in [0.717, 1.165) is 0 Å². The quantitative estimate of drug-likeness (QED) is 0.625. The summed E-state index contributed by atoms with van der Waals surface area (Å²) in [5, 5.41) is 8.71. The third-order valence-electron chi connectivity index (χ3n) is 1.96. The molecule has 86 valence electrons. The summed E-state index contributed by atoms with van der Waals surface area (Å²) in [4.78, 5) is 5.83. The zero-order valence-corrected chi connectivity index (χ0v) is 9.02. The van der Waals surface area contributed by atoms with E-state index in [-0.39, 0.29) is 18.8 Å². The molecule has 0 amide bonds. The minimum absolute atomic E-state index is 0.0376. The van der Waals surface area contributed by atoms with Gasteiger partial charge in [0, 0.05) is 31.1 Å². The van der Waals surface area contributed by atoms with Crippen LogP contribution in [-0.4, -0.2) is 54.1 Å². The van der Waals surface area contributed by atoms with Gasteiger partial charge >= 0.3 is 0 Å². The Labute approximate surface area is 88.7 Å². The number of nitrogens with zero attached hydrogens (tertiary/aromatic N) is 2. The van der Waals surface area contributed by atoms with Crippen LogP contribution in [0.15, 0.2) is 17.4 Å². The van der Waals surface area contributed by atoms with Crippen molar-refractivity contribution in [2.45, 2.75) is 6.42 Å². The fourth-order valence-electron chi connectivity index (χ4n) is 1.23. The number of aliphatic imine (C=N–C) groups is 1. The van der Waals surface area contributed by atoms with E-state index in [9.17, 15) is 8.42 Å². The number of hydrogen-bond acceptors (Lipinski definition) is 5. The summed E-state index contributed by atoms with van der Waals surface area (Å²) in [7, 11) is -3.93. The molecule has 1 rings (SSSR count). The lowest BCUT2D eigenvalue weighted by Crippen LogP contribution is -2.30. The normalized spacial score (nSPS) is 16.7. The van der Waals surface area contributed by atoms with Crippen molar-refractivity contribution in [2.75, 3.05) is 25.4 Å². The maximum atomic E-state index is 10.5. The Kier molecular flexibility index (Phi) is 4.25. The average molecular weight is 234 g/mol. The van der Waals surface area contributed by atoms with Gasteiger partial charge < -0.3 is 10.0 Å². The van der Waals surface area contributed by atoms with Crippen LogP contribution in [0, 0.1) is 0 Å². The summed E-state index contributed by atoms with van der Waals surface area (Å²) in [6.07, 6.45) is 3.50. The van der Waals surface area contributed by atoms with E-state index in [1.807, 2.05) is 4.90 Å². The molecular formula is C8H14N2O4S. The van der Waals surface area contributed by atoms with Crippen molar-refractivity contribution in [3.8, 4) is 0 Å². The first kappa shape index (κ1) is 12.2. The summed E-state index contributed by atoms with van der Waals surface area (Å²) in [5.74, 6) is -0.313. The Morgan fingerprint density at radius 2 is 2.27 bits per heavy atom. The van der Waals surface area contributed by atoms with Gasteiger partial charge in [-0.2, -0.15) is 8.42 Å². The van der Waals surface area contributed by atoms with Gasteiger partial charge in [-0.3, -0.25) is 9.55 Å². The average Bonchev–Trinajstić information content (AvgIpc) is 2.15. The topological polar surface area (TPSA) is 90.2 Å². The zero-order chi connectivity index (χ0) is 11.3. The fourth-order valence-corrected chi connectivity index (χ4v) is 1.73. The molecular weight excluding hydrogens is 220 g/mol. The van der Waals surface area contributed by atoms with Gasteiger partial charge in [0.25, 0.3) is 10.1 Å². The Bertz CT molecular complexity index is 361. The highest BCUT2D eigenvalue weighted by Gasteiger charge is 2.12. The Hall–Kier alpha value is -0.920. The van der Waals surface area contributed by atoms with Crippen LogP contribution in [0.25, 0.3) is 0 Å². The first-order valence-electron chi connectivity index (χ1n) is 4.53. The van der Waals surface area contributed by atoms with Gasteiger partial charge in [-0.15, -0.1) is 0 Å². The third kappa shape index (κ3) is 4.91. The molecule has 0 radical (unpaired) electrons. The second kappa shape index (κ2) is 5.24. The molecule has 0 bridgehead atoms. The van der Waals surface area contributed by atoms with E-state index in [2.05, 4.69) is 4.99 Å². The van der Waals surface area contributed by atoms with E-state index in [4.69, 9.17) is 9.66 Å². The number of hydrogen-bond donors (Lipinski definition) is 2. The summed E-state index contributed by atoms with van der Waals surface area (Å²) in [6, 6.07) is 0. The second-order valence-electron chi connectivity index (χ2n) is 3.22. The lowest BCUT2D eigenvalue weighted by atomic mass is 10.2. The van der Waals surface area contributed by atoms with Crippen molar-refractivity contribution in [3.63, 3.8) is 0 Å². The minimum atomic E-state index is -3.93. The van der Waals surface area contributed by atoms with Gasteiger partial charge in [-0.25, -0.2) is 0 Å². The largest absolute Gasteiger partial charge is 0.395 e. The Morgan fingerprint density at radius 1 is 1.53 bits per heavy atom. The summed E-state index contributed by atoms with van der Waals surface area (Å²) < 4.78 is 29.6. The third-order valence-corrected chi connectivity index (χ3v) is 2.68. The van der Waals surface area contributed by atoms with Crippen molar-refractivity contribution in [1.29, 1.82) is 0 Å². The van der Waals surface area contributed by atoms with Gasteiger partial charge in [-0.1, -0.05) is 0 Å². The second-order valence-corrected chi connectivity index (χ2v) is 4.80. The molecule has 2 N–H and O–H groups in total. The lowest BCUT2D eigenvalue weighted by molar-refractivity contribution is 0.246. The molecule has 0 aromatic carbocycles. The first-order valence-corrected chi connectivity index (χ1v) is 6.14. The maximum Gasteiger partial charge on any atom is 0.265 e. The summed E-state index contributed by atoms with van der Waals surface area (Å²) in [5.41, 5.74) is 0.684. The van der Waals surface area contributed by atoms with Crippen LogP contribution in [0.1, 0.15) is 6.42 Å². The molecule has 7 heteroatoms. The van der Waals surface area contributed by atoms with Crippen LogP contribution in [-0.2, 0) is 10.1 Å². The van der Waals surface area contributed by atoms with Crippen LogP contribution >= 0.6 is 0 Å².